The van der Waals surface area contributed by atoms with Crippen molar-refractivity contribution in [1.29, 1.82) is 0 Å². The van der Waals surface area contributed by atoms with E-state index in [-0.39, 0.29) is 6.42 Å². The first kappa shape index (κ1) is 13.2. The van der Waals surface area contributed by atoms with Gasteiger partial charge in [-0.1, -0.05) is 30.3 Å². The molecule has 92 valence electrons. The number of hydrogen-bond acceptors (Lipinski definition) is 3. The number of carboxylic acid groups (broad SMARTS) is 2. The minimum atomic E-state index is -2.29. The number of aliphatic carboxylic acids is 2. The van der Waals surface area contributed by atoms with Crippen LogP contribution in [0.2, 0.25) is 0 Å². The van der Waals surface area contributed by atoms with E-state index in [0.29, 0.717) is 5.56 Å². The summed E-state index contributed by atoms with van der Waals surface area (Å²) in [5.41, 5.74) is -1.62. The zero-order chi connectivity index (χ0) is 13.1. The highest BCUT2D eigenvalue weighted by Crippen LogP contribution is 2.22. The van der Waals surface area contributed by atoms with Gasteiger partial charge in [-0.2, -0.15) is 0 Å². The lowest BCUT2D eigenvalue weighted by Gasteiger charge is -2.25. The standard InChI is InChI=1S/C12H14O5/c1-12(17,11(15)16)9(10(13)14)7-8-5-3-2-4-6-8/h2-6,9,17H,7H2,1H3,(H,13,14)(H,15,16). The van der Waals surface area contributed by atoms with Gasteiger partial charge in [0.05, 0.1) is 5.92 Å². The van der Waals surface area contributed by atoms with E-state index >= 15 is 0 Å². The molecule has 17 heavy (non-hydrogen) atoms. The highest BCUT2D eigenvalue weighted by Gasteiger charge is 2.43. The number of hydrogen-bond donors (Lipinski definition) is 3. The van der Waals surface area contributed by atoms with Crippen LogP contribution in [0.5, 0.6) is 0 Å². The van der Waals surface area contributed by atoms with Gasteiger partial charge < -0.3 is 15.3 Å². The lowest BCUT2D eigenvalue weighted by atomic mass is 9.84. The summed E-state index contributed by atoms with van der Waals surface area (Å²) >= 11 is 0. The molecule has 5 heteroatoms. The van der Waals surface area contributed by atoms with Crippen LogP contribution in [0.15, 0.2) is 30.3 Å². The molecule has 1 aromatic rings. The molecule has 0 aromatic heterocycles. The lowest BCUT2D eigenvalue weighted by Crippen LogP contribution is -2.47. The van der Waals surface area contributed by atoms with E-state index in [0.717, 1.165) is 6.92 Å². The van der Waals surface area contributed by atoms with E-state index in [1.165, 1.54) is 0 Å². The van der Waals surface area contributed by atoms with Gasteiger partial charge in [-0.05, 0) is 18.9 Å². The molecular formula is C12H14O5. The number of aliphatic hydroxyl groups is 1. The van der Waals surface area contributed by atoms with Gasteiger partial charge in [-0.3, -0.25) is 4.79 Å². The molecule has 5 nitrogen and oxygen atoms in total. The third kappa shape index (κ3) is 3.04. The van der Waals surface area contributed by atoms with Gasteiger partial charge in [0.15, 0.2) is 5.60 Å². The van der Waals surface area contributed by atoms with Gasteiger partial charge in [0.1, 0.15) is 0 Å². The Balaban J connectivity index is 2.96. The Kier molecular flexibility index (Phi) is 3.85. The highest BCUT2D eigenvalue weighted by molar-refractivity contribution is 5.85. The first-order valence-electron chi connectivity index (χ1n) is 5.08. The van der Waals surface area contributed by atoms with E-state index in [1.54, 1.807) is 30.3 Å². The maximum Gasteiger partial charge on any atom is 0.336 e. The molecule has 0 aliphatic carbocycles. The summed E-state index contributed by atoms with van der Waals surface area (Å²) in [6, 6.07) is 8.60. The molecule has 1 aromatic carbocycles. The molecule has 0 aliphatic rings. The Bertz CT molecular complexity index is 410. The van der Waals surface area contributed by atoms with Gasteiger partial charge >= 0.3 is 11.9 Å². The monoisotopic (exact) mass is 238 g/mol. The van der Waals surface area contributed by atoms with Crippen LogP contribution in [-0.2, 0) is 16.0 Å². The van der Waals surface area contributed by atoms with Crippen molar-refractivity contribution in [2.75, 3.05) is 0 Å². The second-order valence-corrected chi connectivity index (χ2v) is 4.03. The van der Waals surface area contributed by atoms with Crippen LogP contribution in [0, 0.1) is 5.92 Å². The largest absolute Gasteiger partial charge is 0.481 e. The fourth-order valence-corrected chi connectivity index (χ4v) is 1.53. The zero-order valence-corrected chi connectivity index (χ0v) is 9.33. The summed E-state index contributed by atoms with van der Waals surface area (Å²) in [6.07, 6.45) is -0.0323. The van der Waals surface area contributed by atoms with E-state index < -0.39 is 23.5 Å². The van der Waals surface area contributed by atoms with Crippen molar-refractivity contribution in [3.8, 4) is 0 Å². The Hall–Kier alpha value is -1.88. The fraction of sp³-hybridized carbons (Fsp3) is 0.333. The molecule has 0 saturated carbocycles. The zero-order valence-electron chi connectivity index (χ0n) is 9.33. The Morgan fingerprint density at radius 1 is 1.24 bits per heavy atom. The van der Waals surface area contributed by atoms with Gasteiger partial charge in [-0.15, -0.1) is 0 Å². The maximum atomic E-state index is 11.0. The minimum Gasteiger partial charge on any atom is -0.481 e. The summed E-state index contributed by atoms with van der Waals surface area (Å²) in [7, 11) is 0. The van der Waals surface area contributed by atoms with Crippen LogP contribution in [0.1, 0.15) is 12.5 Å². The third-order valence-electron chi connectivity index (χ3n) is 2.69. The van der Waals surface area contributed by atoms with Gasteiger partial charge in [0.25, 0.3) is 0 Å². The smallest absolute Gasteiger partial charge is 0.336 e. The predicted molar refractivity (Wildman–Crippen MR) is 59.5 cm³/mol. The molecule has 0 bridgehead atoms. The number of rotatable bonds is 5. The summed E-state index contributed by atoms with van der Waals surface area (Å²) in [5.74, 6) is -4.26. The van der Waals surface area contributed by atoms with Crippen LogP contribution >= 0.6 is 0 Å². The molecule has 0 amide bonds. The van der Waals surface area contributed by atoms with E-state index in [2.05, 4.69) is 0 Å². The van der Waals surface area contributed by atoms with Crippen LogP contribution in [0.4, 0.5) is 0 Å². The van der Waals surface area contributed by atoms with Crippen LogP contribution < -0.4 is 0 Å². The molecule has 2 unspecified atom stereocenters. The molecule has 0 aliphatic heterocycles. The summed E-state index contributed by atoms with van der Waals surface area (Å²) in [4.78, 5) is 21.9. The van der Waals surface area contributed by atoms with E-state index in [9.17, 15) is 14.7 Å². The SMILES string of the molecule is CC(O)(C(=O)O)C(Cc1ccccc1)C(=O)O. The van der Waals surface area contributed by atoms with Gasteiger partial charge in [0, 0.05) is 0 Å². The first-order valence-corrected chi connectivity index (χ1v) is 5.08. The van der Waals surface area contributed by atoms with Crippen LogP contribution in [0.25, 0.3) is 0 Å². The molecule has 1 rings (SSSR count). The Morgan fingerprint density at radius 3 is 2.18 bits per heavy atom. The van der Waals surface area contributed by atoms with Crippen molar-refractivity contribution in [3.63, 3.8) is 0 Å². The highest BCUT2D eigenvalue weighted by atomic mass is 16.4. The molecule has 0 radical (unpaired) electrons. The van der Waals surface area contributed by atoms with Crippen molar-refractivity contribution in [2.24, 2.45) is 5.92 Å². The third-order valence-corrected chi connectivity index (χ3v) is 2.69. The lowest BCUT2D eigenvalue weighted by molar-refractivity contribution is -0.171. The molecule has 0 spiro atoms. The van der Waals surface area contributed by atoms with Crippen molar-refractivity contribution >= 4 is 11.9 Å². The van der Waals surface area contributed by atoms with Crippen LogP contribution in [0.3, 0.4) is 0 Å². The molecule has 0 heterocycles. The molecule has 2 atom stereocenters. The van der Waals surface area contributed by atoms with Crippen molar-refractivity contribution in [3.05, 3.63) is 35.9 Å². The van der Waals surface area contributed by atoms with Crippen molar-refractivity contribution in [1.82, 2.24) is 0 Å². The Morgan fingerprint density at radius 2 is 1.76 bits per heavy atom. The van der Waals surface area contributed by atoms with Gasteiger partial charge in [0.2, 0.25) is 0 Å². The number of carboxylic acids is 2. The maximum absolute atomic E-state index is 11.0. The fourth-order valence-electron chi connectivity index (χ4n) is 1.53. The summed E-state index contributed by atoms with van der Waals surface area (Å²) in [5, 5.41) is 27.5. The molecular weight excluding hydrogens is 224 g/mol. The molecule has 0 fully saturated rings. The average molecular weight is 238 g/mol. The second-order valence-electron chi connectivity index (χ2n) is 4.03. The van der Waals surface area contributed by atoms with Gasteiger partial charge in [-0.25, -0.2) is 4.79 Å². The molecule has 0 saturated heterocycles. The number of benzene rings is 1. The summed E-state index contributed by atoms with van der Waals surface area (Å²) < 4.78 is 0. The quantitative estimate of drug-likeness (QED) is 0.704. The predicted octanol–water partition coefficient (Wildman–Crippen LogP) is 0.766. The van der Waals surface area contributed by atoms with Crippen molar-refractivity contribution < 1.29 is 24.9 Å². The van der Waals surface area contributed by atoms with Crippen LogP contribution in [-0.4, -0.2) is 32.9 Å². The minimum absolute atomic E-state index is 0.0323. The topological polar surface area (TPSA) is 94.8 Å². The molecule has 3 N–H and O–H groups in total. The normalized spacial score (nSPS) is 15.9. The number of carbonyl (C=O) groups is 2. The second kappa shape index (κ2) is 4.97. The first-order chi connectivity index (χ1) is 7.85. The van der Waals surface area contributed by atoms with E-state index in [1.807, 2.05) is 0 Å². The summed E-state index contributed by atoms with van der Waals surface area (Å²) in [6.45, 7) is 0.997. The van der Waals surface area contributed by atoms with E-state index in [4.69, 9.17) is 10.2 Å². The Labute approximate surface area is 98.3 Å². The van der Waals surface area contributed by atoms with Crippen molar-refractivity contribution in [2.45, 2.75) is 18.9 Å². The average Bonchev–Trinajstić information content (AvgIpc) is 2.26.